The molecular formula is C12H18N4OS. The van der Waals surface area contributed by atoms with E-state index in [0.717, 1.165) is 42.1 Å². The topological polar surface area (TPSA) is 75.3 Å². The van der Waals surface area contributed by atoms with Gasteiger partial charge < -0.3 is 15.7 Å². The van der Waals surface area contributed by atoms with Crippen LogP contribution in [-0.2, 0) is 0 Å². The second-order valence-corrected chi connectivity index (χ2v) is 5.20. The molecule has 0 spiro atoms. The molecule has 1 aliphatic rings. The minimum Gasteiger partial charge on any atom is -0.396 e. The second kappa shape index (κ2) is 5.16. The molecule has 0 radical (unpaired) electrons. The standard InChI is InChI=1S/C12H18N4OS/c1-7-8(2)14-15-12(10(7)11(13)18)16-4-3-9(5-16)6-17/h9,17H,3-6H2,1-2H3,(H2,13,18). The third kappa shape index (κ3) is 2.30. The maximum absolute atomic E-state index is 9.19. The summed E-state index contributed by atoms with van der Waals surface area (Å²) in [5.41, 5.74) is 8.46. The number of aryl methyl sites for hydroxylation is 1. The SMILES string of the molecule is Cc1nnc(N2CCC(CO)C2)c(C(N)=S)c1C. The van der Waals surface area contributed by atoms with Crippen LogP contribution < -0.4 is 10.6 Å². The van der Waals surface area contributed by atoms with Gasteiger partial charge in [-0.2, -0.15) is 5.10 Å². The molecule has 1 atom stereocenters. The summed E-state index contributed by atoms with van der Waals surface area (Å²) in [6.07, 6.45) is 0.960. The van der Waals surface area contributed by atoms with E-state index in [1.807, 2.05) is 13.8 Å². The van der Waals surface area contributed by atoms with Crippen LogP contribution in [0.2, 0.25) is 0 Å². The number of rotatable bonds is 3. The second-order valence-electron chi connectivity index (χ2n) is 4.76. The van der Waals surface area contributed by atoms with Crippen molar-refractivity contribution in [2.24, 2.45) is 11.7 Å². The highest BCUT2D eigenvalue weighted by Crippen LogP contribution is 2.27. The molecule has 0 saturated carbocycles. The first-order chi connectivity index (χ1) is 8.54. The lowest BCUT2D eigenvalue weighted by Gasteiger charge is -2.21. The number of aliphatic hydroxyl groups excluding tert-OH is 1. The Morgan fingerprint density at radius 1 is 1.50 bits per heavy atom. The van der Waals surface area contributed by atoms with Gasteiger partial charge in [-0.15, -0.1) is 5.10 Å². The van der Waals surface area contributed by atoms with Gasteiger partial charge in [0.25, 0.3) is 0 Å². The molecule has 0 amide bonds. The van der Waals surface area contributed by atoms with E-state index < -0.39 is 0 Å². The molecule has 1 aromatic rings. The van der Waals surface area contributed by atoms with Crippen molar-refractivity contribution in [3.63, 3.8) is 0 Å². The molecule has 1 fully saturated rings. The molecule has 6 heteroatoms. The van der Waals surface area contributed by atoms with E-state index in [1.165, 1.54) is 0 Å². The summed E-state index contributed by atoms with van der Waals surface area (Å²) in [4.78, 5) is 2.46. The van der Waals surface area contributed by atoms with Gasteiger partial charge in [0.15, 0.2) is 5.82 Å². The summed E-state index contributed by atoms with van der Waals surface area (Å²) in [5.74, 6) is 1.05. The Morgan fingerprint density at radius 2 is 2.22 bits per heavy atom. The molecule has 1 saturated heterocycles. The van der Waals surface area contributed by atoms with E-state index in [-0.39, 0.29) is 6.61 Å². The number of thiocarbonyl (C=S) groups is 1. The van der Waals surface area contributed by atoms with Gasteiger partial charge in [0.2, 0.25) is 0 Å². The summed E-state index contributed by atoms with van der Waals surface area (Å²) in [5, 5.41) is 17.6. The Balaban J connectivity index is 2.39. The number of nitrogens with zero attached hydrogens (tertiary/aromatic N) is 3. The van der Waals surface area contributed by atoms with E-state index in [1.54, 1.807) is 0 Å². The fraction of sp³-hybridized carbons (Fsp3) is 0.583. The number of hydrogen-bond acceptors (Lipinski definition) is 5. The highest BCUT2D eigenvalue weighted by molar-refractivity contribution is 7.80. The van der Waals surface area contributed by atoms with Gasteiger partial charge in [-0.05, 0) is 25.8 Å². The summed E-state index contributed by atoms with van der Waals surface area (Å²) < 4.78 is 0. The number of anilines is 1. The summed E-state index contributed by atoms with van der Waals surface area (Å²) in [7, 11) is 0. The monoisotopic (exact) mass is 266 g/mol. The van der Waals surface area contributed by atoms with Crippen LogP contribution in [0.25, 0.3) is 0 Å². The molecular weight excluding hydrogens is 248 g/mol. The molecule has 1 aromatic heterocycles. The Hall–Kier alpha value is -1.27. The largest absolute Gasteiger partial charge is 0.396 e. The van der Waals surface area contributed by atoms with Crippen molar-refractivity contribution >= 4 is 23.0 Å². The molecule has 0 bridgehead atoms. The number of nitrogens with two attached hydrogens (primary N) is 1. The van der Waals surface area contributed by atoms with Crippen LogP contribution in [0.3, 0.4) is 0 Å². The summed E-state index contributed by atoms with van der Waals surface area (Å²) >= 11 is 5.12. The zero-order chi connectivity index (χ0) is 13.3. The van der Waals surface area contributed by atoms with E-state index >= 15 is 0 Å². The van der Waals surface area contributed by atoms with Crippen LogP contribution in [-0.4, -0.2) is 40.0 Å². The van der Waals surface area contributed by atoms with Crippen LogP contribution in [0.4, 0.5) is 5.82 Å². The molecule has 1 aliphatic heterocycles. The van der Waals surface area contributed by atoms with Crippen molar-refractivity contribution in [2.75, 3.05) is 24.6 Å². The maximum Gasteiger partial charge on any atom is 0.161 e. The fourth-order valence-corrected chi connectivity index (χ4v) is 2.53. The zero-order valence-electron chi connectivity index (χ0n) is 10.7. The lowest BCUT2D eigenvalue weighted by Crippen LogP contribution is -2.27. The predicted octanol–water partition coefficient (Wildman–Crippen LogP) is 0.546. The molecule has 2 rings (SSSR count). The molecule has 3 N–H and O–H groups in total. The van der Waals surface area contributed by atoms with Crippen molar-refractivity contribution in [1.82, 2.24) is 10.2 Å². The van der Waals surface area contributed by atoms with Gasteiger partial charge in [0.05, 0.1) is 11.3 Å². The van der Waals surface area contributed by atoms with Crippen molar-refractivity contribution < 1.29 is 5.11 Å². The first-order valence-corrected chi connectivity index (χ1v) is 6.45. The van der Waals surface area contributed by atoms with Crippen molar-refractivity contribution in [2.45, 2.75) is 20.3 Å². The number of hydrogen-bond donors (Lipinski definition) is 2. The normalized spacial score (nSPS) is 19.3. The Bertz CT molecular complexity index is 477. The average molecular weight is 266 g/mol. The first-order valence-electron chi connectivity index (χ1n) is 6.04. The molecule has 18 heavy (non-hydrogen) atoms. The molecule has 1 unspecified atom stereocenters. The Labute approximate surface area is 112 Å². The summed E-state index contributed by atoms with van der Waals surface area (Å²) in [6.45, 7) is 5.70. The first kappa shape index (κ1) is 13.2. The molecule has 5 nitrogen and oxygen atoms in total. The Kier molecular flexibility index (Phi) is 3.77. The van der Waals surface area contributed by atoms with Gasteiger partial charge in [-0.25, -0.2) is 0 Å². The molecule has 0 aliphatic carbocycles. The minimum absolute atomic E-state index is 0.206. The fourth-order valence-electron chi connectivity index (χ4n) is 2.29. The highest BCUT2D eigenvalue weighted by atomic mass is 32.1. The van der Waals surface area contributed by atoms with Crippen molar-refractivity contribution in [3.05, 3.63) is 16.8 Å². The van der Waals surface area contributed by atoms with Crippen LogP contribution in [0.5, 0.6) is 0 Å². The zero-order valence-corrected chi connectivity index (χ0v) is 11.5. The van der Waals surface area contributed by atoms with Gasteiger partial charge in [-0.3, -0.25) is 0 Å². The van der Waals surface area contributed by atoms with E-state index in [0.29, 0.717) is 10.9 Å². The smallest absolute Gasteiger partial charge is 0.161 e. The minimum atomic E-state index is 0.206. The van der Waals surface area contributed by atoms with Crippen LogP contribution in [0.15, 0.2) is 0 Å². The lowest BCUT2D eigenvalue weighted by atomic mass is 10.1. The van der Waals surface area contributed by atoms with Gasteiger partial charge in [0, 0.05) is 25.6 Å². The Morgan fingerprint density at radius 3 is 2.78 bits per heavy atom. The highest BCUT2D eigenvalue weighted by Gasteiger charge is 2.26. The van der Waals surface area contributed by atoms with E-state index in [4.69, 9.17) is 18.0 Å². The third-order valence-corrected chi connectivity index (χ3v) is 3.73. The molecule has 98 valence electrons. The number of aromatic nitrogens is 2. The van der Waals surface area contributed by atoms with E-state index in [2.05, 4.69) is 15.1 Å². The average Bonchev–Trinajstić information content (AvgIpc) is 2.80. The number of aliphatic hydroxyl groups is 1. The van der Waals surface area contributed by atoms with Gasteiger partial charge in [0.1, 0.15) is 4.99 Å². The van der Waals surface area contributed by atoms with Crippen molar-refractivity contribution in [1.29, 1.82) is 0 Å². The maximum atomic E-state index is 9.19. The molecule has 0 aromatic carbocycles. The molecule has 2 heterocycles. The van der Waals surface area contributed by atoms with Crippen LogP contribution in [0.1, 0.15) is 23.2 Å². The quantitative estimate of drug-likeness (QED) is 0.778. The van der Waals surface area contributed by atoms with Gasteiger partial charge in [-0.1, -0.05) is 12.2 Å². The van der Waals surface area contributed by atoms with Crippen LogP contribution in [0, 0.1) is 19.8 Å². The van der Waals surface area contributed by atoms with Crippen molar-refractivity contribution in [3.8, 4) is 0 Å². The third-order valence-electron chi connectivity index (χ3n) is 3.53. The lowest BCUT2D eigenvalue weighted by molar-refractivity contribution is 0.238. The van der Waals surface area contributed by atoms with Crippen LogP contribution >= 0.6 is 12.2 Å². The summed E-state index contributed by atoms with van der Waals surface area (Å²) in [6, 6.07) is 0. The predicted molar refractivity (Wildman–Crippen MR) is 74.8 cm³/mol. The van der Waals surface area contributed by atoms with E-state index in [9.17, 15) is 5.11 Å². The van der Waals surface area contributed by atoms with Gasteiger partial charge >= 0.3 is 0 Å².